The van der Waals surface area contributed by atoms with Gasteiger partial charge in [0.1, 0.15) is 0 Å². The Balaban J connectivity index is 0.000000366. The third kappa shape index (κ3) is 7.10. The first-order chi connectivity index (χ1) is 12.0. The van der Waals surface area contributed by atoms with Crippen LogP contribution in [0.4, 0.5) is 0 Å². The van der Waals surface area contributed by atoms with Crippen LogP contribution in [0.3, 0.4) is 0 Å². The molecule has 2 aromatic heterocycles. The van der Waals surface area contributed by atoms with Gasteiger partial charge in [0, 0.05) is 32.0 Å². The summed E-state index contributed by atoms with van der Waals surface area (Å²) in [4.78, 5) is 5.53. The van der Waals surface area contributed by atoms with Crippen molar-refractivity contribution in [3.05, 3.63) is 66.9 Å². The number of hydrogen-bond donors (Lipinski definition) is 2. The van der Waals surface area contributed by atoms with Crippen molar-refractivity contribution in [2.24, 2.45) is 0 Å². The van der Waals surface area contributed by atoms with Gasteiger partial charge < -0.3 is 15.2 Å². The molecule has 0 fully saturated rings. The molecule has 2 heterocycles. The number of benzene rings is 1. The number of hydrogen-bond acceptors (Lipinski definition) is 4. The maximum absolute atomic E-state index is 8.56. The molecule has 3 nitrogen and oxygen atoms in total. The minimum Gasteiger partial charge on any atom is -0.393 e. The molecule has 141 valence electrons. The van der Waals surface area contributed by atoms with Gasteiger partial charge in [0.15, 0.2) is 0 Å². The van der Waals surface area contributed by atoms with Crippen molar-refractivity contribution < 1.29 is 30.3 Å². The molecule has 0 aliphatic rings. The number of aliphatic hydroxyl groups excluding tert-OH is 2. The van der Waals surface area contributed by atoms with Crippen LogP contribution in [0.1, 0.15) is 25.8 Å². The molecule has 0 spiro atoms. The van der Waals surface area contributed by atoms with Gasteiger partial charge >= 0.3 is 0 Å². The van der Waals surface area contributed by atoms with Crippen LogP contribution in [-0.4, -0.2) is 27.4 Å². The van der Waals surface area contributed by atoms with Gasteiger partial charge in [0.25, 0.3) is 0 Å². The standard InChI is InChI=1S/C16H12NS.C5H12O2.Ir/c1-2-5-12-8-9-17-14(10-12)16-11-13-6-3-4-7-15(13)18-16;1-4(6)3-5(2)7;/h2-4,6-10H,1,5H2;4-7H,3H2,1-2H3;/q-1;;. The molecule has 5 heteroatoms. The summed E-state index contributed by atoms with van der Waals surface area (Å²) in [5, 5.41) is 18.3. The van der Waals surface area contributed by atoms with Crippen molar-refractivity contribution in [3.8, 4) is 10.6 Å². The average molecular weight is 547 g/mol. The quantitative estimate of drug-likeness (QED) is 0.363. The first-order valence-corrected chi connectivity index (χ1v) is 9.14. The first-order valence-electron chi connectivity index (χ1n) is 8.32. The van der Waals surface area contributed by atoms with Crippen molar-refractivity contribution in [1.29, 1.82) is 0 Å². The number of pyridine rings is 1. The summed E-state index contributed by atoms with van der Waals surface area (Å²) in [6.07, 6.45) is 4.36. The van der Waals surface area contributed by atoms with Crippen molar-refractivity contribution in [2.45, 2.75) is 38.9 Å². The smallest absolute Gasteiger partial charge is 0.0536 e. The van der Waals surface area contributed by atoms with Crippen molar-refractivity contribution in [1.82, 2.24) is 4.98 Å². The molecule has 1 radical (unpaired) electrons. The number of nitrogens with zero attached hydrogens (tertiary/aromatic N) is 1. The van der Waals surface area contributed by atoms with E-state index in [9.17, 15) is 0 Å². The molecule has 2 N–H and O–H groups in total. The molecule has 0 amide bonds. The molecule has 0 aliphatic carbocycles. The molecule has 0 saturated heterocycles. The molecule has 2 unspecified atom stereocenters. The predicted octanol–water partition coefficient (Wildman–Crippen LogP) is 4.63. The molecule has 26 heavy (non-hydrogen) atoms. The largest absolute Gasteiger partial charge is 0.393 e. The summed E-state index contributed by atoms with van der Waals surface area (Å²) in [6, 6.07) is 15.8. The number of allylic oxidation sites excluding steroid dienone is 1. The summed E-state index contributed by atoms with van der Waals surface area (Å²) in [5.41, 5.74) is 2.23. The summed E-state index contributed by atoms with van der Waals surface area (Å²) in [5.74, 6) is 0. The predicted molar refractivity (Wildman–Crippen MR) is 106 cm³/mol. The van der Waals surface area contributed by atoms with E-state index in [0.717, 1.165) is 22.4 Å². The summed E-state index contributed by atoms with van der Waals surface area (Å²) >= 11 is 1.73. The fourth-order valence-corrected chi connectivity index (χ4v) is 3.39. The Labute approximate surface area is 172 Å². The Morgan fingerprint density at radius 2 is 1.88 bits per heavy atom. The van der Waals surface area contributed by atoms with Crippen LogP contribution in [0.15, 0.2) is 55.3 Å². The molecule has 0 aliphatic heterocycles. The SMILES string of the molecule is C=CCc1ccnc(-c2[c-]c3ccccc3s2)c1.CC(O)CC(C)O.[Ir]. The number of rotatable bonds is 5. The van der Waals surface area contributed by atoms with Gasteiger partial charge in [0.2, 0.25) is 0 Å². The maximum Gasteiger partial charge on any atom is 0.0536 e. The molecule has 0 bridgehead atoms. The third-order valence-corrected chi connectivity index (χ3v) is 4.56. The Morgan fingerprint density at radius 1 is 1.19 bits per heavy atom. The minimum atomic E-state index is -0.375. The molecule has 3 rings (SSSR count). The zero-order valence-corrected chi connectivity index (χ0v) is 18.2. The second-order valence-corrected chi connectivity index (χ2v) is 7.08. The number of aliphatic hydroxyl groups is 2. The van der Waals surface area contributed by atoms with E-state index in [2.05, 4.69) is 41.9 Å². The van der Waals surface area contributed by atoms with Gasteiger partial charge in [-0.1, -0.05) is 24.3 Å². The van der Waals surface area contributed by atoms with Crippen molar-refractivity contribution in [3.63, 3.8) is 0 Å². The monoisotopic (exact) mass is 547 g/mol. The first kappa shape index (κ1) is 22.7. The van der Waals surface area contributed by atoms with Crippen LogP contribution in [-0.2, 0) is 26.5 Å². The Hall–Kier alpha value is -1.36. The van der Waals surface area contributed by atoms with E-state index in [1.807, 2.05) is 24.4 Å². The topological polar surface area (TPSA) is 53.4 Å². The van der Waals surface area contributed by atoms with Crippen molar-refractivity contribution >= 4 is 21.4 Å². The van der Waals surface area contributed by atoms with Crippen LogP contribution in [0.5, 0.6) is 0 Å². The van der Waals surface area contributed by atoms with E-state index in [-0.39, 0.29) is 32.3 Å². The summed E-state index contributed by atoms with van der Waals surface area (Å²) < 4.78 is 1.25. The van der Waals surface area contributed by atoms with E-state index in [1.54, 1.807) is 25.2 Å². The van der Waals surface area contributed by atoms with Gasteiger partial charge in [-0.15, -0.1) is 30.2 Å². The molecule has 1 aromatic carbocycles. The van der Waals surface area contributed by atoms with Crippen LogP contribution < -0.4 is 0 Å². The molecular formula is C21H24IrNO2S-. The normalized spacial score (nSPS) is 12.5. The van der Waals surface area contributed by atoms with Gasteiger partial charge in [0.05, 0.1) is 12.2 Å². The summed E-state index contributed by atoms with van der Waals surface area (Å²) in [6.45, 7) is 7.09. The van der Waals surface area contributed by atoms with E-state index >= 15 is 0 Å². The fraction of sp³-hybridized carbons (Fsp3) is 0.286. The molecular weight excluding hydrogens is 523 g/mol. The van der Waals surface area contributed by atoms with E-state index in [4.69, 9.17) is 10.2 Å². The third-order valence-electron chi connectivity index (χ3n) is 3.47. The second kappa shape index (κ2) is 11.4. The van der Waals surface area contributed by atoms with Gasteiger partial charge in [-0.3, -0.25) is 0 Å². The molecule has 3 aromatic rings. The van der Waals surface area contributed by atoms with Gasteiger partial charge in [-0.25, -0.2) is 11.3 Å². The van der Waals surface area contributed by atoms with E-state index in [0.29, 0.717) is 6.42 Å². The molecule has 2 atom stereocenters. The van der Waals surface area contributed by atoms with E-state index in [1.165, 1.54) is 10.3 Å². The summed E-state index contributed by atoms with van der Waals surface area (Å²) in [7, 11) is 0. The zero-order valence-electron chi connectivity index (χ0n) is 15.0. The van der Waals surface area contributed by atoms with Gasteiger partial charge in [-0.2, -0.15) is 0 Å². The van der Waals surface area contributed by atoms with Crippen molar-refractivity contribution in [2.75, 3.05) is 0 Å². The van der Waals surface area contributed by atoms with Crippen LogP contribution in [0.2, 0.25) is 0 Å². The van der Waals surface area contributed by atoms with Crippen LogP contribution in [0, 0.1) is 6.07 Å². The number of aromatic nitrogens is 1. The minimum absolute atomic E-state index is 0. The van der Waals surface area contributed by atoms with Crippen LogP contribution >= 0.6 is 11.3 Å². The Bertz CT molecular complexity index is 775. The Morgan fingerprint density at radius 3 is 2.46 bits per heavy atom. The van der Waals surface area contributed by atoms with E-state index < -0.39 is 0 Å². The number of fused-ring (bicyclic) bond motifs is 1. The van der Waals surface area contributed by atoms with Crippen LogP contribution in [0.25, 0.3) is 20.7 Å². The zero-order chi connectivity index (χ0) is 18.2. The number of thiophene rings is 1. The molecule has 0 saturated carbocycles. The Kier molecular flexibility index (Phi) is 9.92. The second-order valence-electron chi connectivity index (χ2n) is 6.03. The van der Waals surface area contributed by atoms with Gasteiger partial charge in [-0.05, 0) is 47.9 Å². The maximum atomic E-state index is 8.56. The average Bonchev–Trinajstić information content (AvgIpc) is 2.99. The fourth-order valence-electron chi connectivity index (χ4n) is 2.42.